The number of nitrogens with one attached hydrogen (secondary N) is 2. The molecule has 0 aliphatic carbocycles. The minimum atomic E-state index is -0.166. The Bertz CT molecular complexity index is 1340. The topological polar surface area (TPSA) is 83.1 Å². The molecule has 0 spiro atoms. The van der Waals surface area contributed by atoms with Crippen LogP contribution in [0.4, 0.5) is 5.69 Å². The second-order valence-corrected chi connectivity index (χ2v) is 11.6. The number of anilines is 1. The number of hydrogen-bond acceptors (Lipinski definition) is 6. The lowest BCUT2D eigenvalue weighted by Crippen LogP contribution is -2.44. The third-order valence-corrected chi connectivity index (χ3v) is 7.94. The second kappa shape index (κ2) is 13.9. The molecule has 42 heavy (non-hydrogen) atoms. The molecule has 8 heteroatoms. The molecule has 2 aliphatic rings. The first-order chi connectivity index (χ1) is 20.4. The number of rotatable bonds is 9. The summed E-state index contributed by atoms with van der Waals surface area (Å²) in [6.07, 6.45) is 2.12. The van der Waals surface area contributed by atoms with Gasteiger partial charge in [-0.05, 0) is 88.8 Å². The monoisotopic (exact) mass is 570 g/mol. The molecule has 2 aliphatic heterocycles. The molecular weight excluding hydrogens is 528 g/mol. The third kappa shape index (κ3) is 7.49. The van der Waals surface area contributed by atoms with Crippen LogP contribution >= 0.6 is 0 Å². The van der Waals surface area contributed by atoms with Crippen LogP contribution in [0.15, 0.2) is 72.8 Å². The maximum atomic E-state index is 13.6. The van der Waals surface area contributed by atoms with Crippen molar-refractivity contribution < 1.29 is 19.1 Å². The summed E-state index contributed by atoms with van der Waals surface area (Å²) < 4.78 is 12.5. The van der Waals surface area contributed by atoms with E-state index in [0.717, 1.165) is 49.5 Å². The molecule has 1 unspecified atom stereocenters. The van der Waals surface area contributed by atoms with Crippen LogP contribution < -0.4 is 20.1 Å². The number of ether oxygens (including phenoxy) is 2. The van der Waals surface area contributed by atoms with E-state index >= 15 is 0 Å². The van der Waals surface area contributed by atoms with Gasteiger partial charge in [0.05, 0.1) is 11.3 Å². The standard InChI is InChI=1S/C34H42N4O4/c1-24(2)38-21-18-29(23-37(3)22-25-12-14-28(15-13-25)41-27-8-5-4-6-9-27)42-32-30(34(38)40)10-7-11-31(32)36-33(39)26-16-19-35-20-17-26/h4-15,24,26,29,35H,16-23H2,1-3H3,(H,36,39). The predicted molar refractivity (Wildman–Crippen MR) is 165 cm³/mol. The van der Waals surface area contributed by atoms with E-state index in [0.29, 0.717) is 36.5 Å². The minimum Gasteiger partial charge on any atom is -0.486 e. The van der Waals surface area contributed by atoms with E-state index in [1.807, 2.05) is 73.3 Å². The summed E-state index contributed by atoms with van der Waals surface area (Å²) in [6, 6.07) is 23.4. The molecule has 0 aromatic heterocycles. The molecule has 1 fully saturated rings. The smallest absolute Gasteiger partial charge is 0.257 e. The zero-order chi connectivity index (χ0) is 29.5. The number of likely N-dealkylation sites (N-methyl/N-ethyl adjacent to an activating group) is 1. The molecule has 0 bridgehead atoms. The largest absolute Gasteiger partial charge is 0.486 e. The Morgan fingerprint density at radius 1 is 1.00 bits per heavy atom. The van der Waals surface area contributed by atoms with Crippen LogP contribution in [0.3, 0.4) is 0 Å². The Morgan fingerprint density at radius 3 is 2.43 bits per heavy atom. The Kier molecular flexibility index (Phi) is 9.77. The summed E-state index contributed by atoms with van der Waals surface area (Å²) in [5, 5.41) is 6.41. The molecule has 3 aromatic rings. The van der Waals surface area contributed by atoms with E-state index < -0.39 is 0 Å². The first-order valence-electron chi connectivity index (χ1n) is 15.0. The van der Waals surface area contributed by atoms with Crippen molar-refractivity contribution in [2.45, 2.75) is 51.8 Å². The lowest BCUT2D eigenvalue weighted by molar-refractivity contribution is -0.120. The van der Waals surface area contributed by atoms with Gasteiger partial charge in [0.25, 0.3) is 5.91 Å². The Balaban J connectivity index is 1.30. The number of fused-ring (bicyclic) bond motifs is 1. The molecule has 0 saturated carbocycles. The minimum absolute atomic E-state index is 0.0166. The van der Waals surface area contributed by atoms with E-state index in [1.54, 1.807) is 6.07 Å². The highest BCUT2D eigenvalue weighted by molar-refractivity contribution is 6.02. The lowest BCUT2D eigenvalue weighted by atomic mass is 9.97. The van der Waals surface area contributed by atoms with Crippen LogP contribution in [0.1, 0.15) is 49.0 Å². The first kappa shape index (κ1) is 29.6. The molecule has 222 valence electrons. The molecule has 8 nitrogen and oxygen atoms in total. The van der Waals surface area contributed by atoms with E-state index in [2.05, 4.69) is 34.7 Å². The Labute approximate surface area is 249 Å². The number of amides is 2. The van der Waals surface area contributed by atoms with Gasteiger partial charge in [0.15, 0.2) is 5.75 Å². The number of piperidine rings is 1. The van der Waals surface area contributed by atoms with Crippen LogP contribution in [0.5, 0.6) is 17.2 Å². The summed E-state index contributed by atoms with van der Waals surface area (Å²) in [6.45, 7) is 7.74. The van der Waals surface area contributed by atoms with E-state index in [-0.39, 0.29) is 29.9 Å². The molecular formula is C34H42N4O4. The molecule has 5 rings (SSSR count). The van der Waals surface area contributed by atoms with Crippen molar-refractivity contribution in [1.29, 1.82) is 0 Å². The molecule has 1 saturated heterocycles. The maximum Gasteiger partial charge on any atom is 0.257 e. The van der Waals surface area contributed by atoms with Crippen LogP contribution in [0.2, 0.25) is 0 Å². The van der Waals surface area contributed by atoms with Gasteiger partial charge in [-0.25, -0.2) is 0 Å². The van der Waals surface area contributed by atoms with Gasteiger partial charge in [-0.2, -0.15) is 0 Å². The highest BCUT2D eigenvalue weighted by atomic mass is 16.5. The predicted octanol–water partition coefficient (Wildman–Crippen LogP) is 5.55. The highest BCUT2D eigenvalue weighted by Gasteiger charge is 2.31. The molecule has 2 amide bonds. The van der Waals surface area contributed by atoms with Gasteiger partial charge in [0.2, 0.25) is 5.91 Å². The van der Waals surface area contributed by atoms with Gasteiger partial charge in [-0.15, -0.1) is 0 Å². The molecule has 0 radical (unpaired) electrons. The van der Waals surface area contributed by atoms with Crippen molar-refractivity contribution in [2.24, 2.45) is 5.92 Å². The average molecular weight is 571 g/mol. The normalized spacial score (nSPS) is 17.8. The maximum absolute atomic E-state index is 13.6. The highest BCUT2D eigenvalue weighted by Crippen LogP contribution is 2.34. The second-order valence-electron chi connectivity index (χ2n) is 11.6. The summed E-state index contributed by atoms with van der Waals surface area (Å²) >= 11 is 0. The molecule has 2 heterocycles. The number of hydrogen-bond donors (Lipinski definition) is 2. The van der Waals surface area contributed by atoms with Crippen molar-refractivity contribution >= 4 is 17.5 Å². The van der Waals surface area contributed by atoms with Crippen molar-refractivity contribution in [1.82, 2.24) is 15.1 Å². The Hall–Kier alpha value is -3.88. The van der Waals surface area contributed by atoms with Gasteiger partial charge >= 0.3 is 0 Å². The van der Waals surface area contributed by atoms with Crippen molar-refractivity contribution in [2.75, 3.05) is 38.5 Å². The quantitative estimate of drug-likeness (QED) is 0.351. The number of para-hydroxylation sites is 2. The van der Waals surface area contributed by atoms with Gasteiger partial charge in [-0.3, -0.25) is 14.5 Å². The zero-order valence-corrected chi connectivity index (χ0v) is 24.8. The van der Waals surface area contributed by atoms with Crippen LogP contribution in [-0.4, -0.2) is 67.0 Å². The molecule has 3 aromatic carbocycles. The average Bonchev–Trinajstić information content (AvgIpc) is 2.99. The van der Waals surface area contributed by atoms with Crippen molar-refractivity contribution in [3.63, 3.8) is 0 Å². The Morgan fingerprint density at radius 2 is 1.71 bits per heavy atom. The summed E-state index contributed by atoms with van der Waals surface area (Å²) in [5.41, 5.74) is 2.22. The van der Waals surface area contributed by atoms with Gasteiger partial charge in [-0.1, -0.05) is 36.4 Å². The fourth-order valence-electron chi connectivity index (χ4n) is 5.65. The number of benzene rings is 3. The zero-order valence-electron chi connectivity index (χ0n) is 24.8. The fourth-order valence-corrected chi connectivity index (χ4v) is 5.65. The van der Waals surface area contributed by atoms with Crippen molar-refractivity contribution in [3.05, 3.63) is 83.9 Å². The van der Waals surface area contributed by atoms with Crippen LogP contribution in [-0.2, 0) is 11.3 Å². The number of carbonyl (C=O) groups excluding carboxylic acids is 2. The summed E-state index contributed by atoms with van der Waals surface area (Å²) in [4.78, 5) is 30.9. The number of carbonyl (C=O) groups is 2. The number of nitrogens with zero attached hydrogens (tertiary/aromatic N) is 2. The van der Waals surface area contributed by atoms with Gasteiger partial charge < -0.3 is 25.0 Å². The van der Waals surface area contributed by atoms with Gasteiger partial charge in [0.1, 0.15) is 17.6 Å². The SMILES string of the molecule is CC(C)N1CCC(CN(C)Cc2ccc(Oc3ccccc3)cc2)Oc2c(NC(=O)C3CCNCC3)cccc2C1=O. The van der Waals surface area contributed by atoms with Crippen LogP contribution in [0.25, 0.3) is 0 Å². The fraction of sp³-hybridized carbons (Fsp3) is 0.412. The molecule has 2 N–H and O–H groups in total. The van der Waals surface area contributed by atoms with Crippen molar-refractivity contribution in [3.8, 4) is 17.2 Å². The molecule has 1 atom stereocenters. The third-order valence-electron chi connectivity index (χ3n) is 7.94. The van der Waals surface area contributed by atoms with E-state index in [9.17, 15) is 9.59 Å². The van der Waals surface area contributed by atoms with Gasteiger partial charge in [0, 0.05) is 38.0 Å². The summed E-state index contributed by atoms with van der Waals surface area (Å²) in [5.74, 6) is 1.94. The first-order valence-corrected chi connectivity index (χ1v) is 15.0. The lowest BCUT2D eigenvalue weighted by Gasteiger charge is -2.35. The summed E-state index contributed by atoms with van der Waals surface area (Å²) in [7, 11) is 2.08. The van der Waals surface area contributed by atoms with Crippen LogP contribution in [0, 0.1) is 5.92 Å². The van der Waals surface area contributed by atoms with E-state index in [1.165, 1.54) is 0 Å². The van der Waals surface area contributed by atoms with E-state index in [4.69, 9.17) is 9.47 Å².